The highest BCUT2D eigenvalue weighted by Gasteiger charge is 2.40. The first-order valence-electron chi connectivity index (χ1n) is 9.59. The van der Waals surface area contributed by atoms with Gasteiger partial charge in [-0.05, 0) is 37.1 Å². The molecule has 2 N–H and O–H groups in total. The Hall–Kier alpha value is -3.62. The maximum atomic E-state index is 13.7. The van der Waals surface area contributed by atoms with Gasteiger partial charge in [-0.2, -0.15) is 18.3 Å². The van der Waals surface area contributed by atoms with Crippen LogP contribution >= 0.6 is 0 Å². The minimum absolute atomic E-state index is 0.172. The Morgan fingerprint density at radius 2 is 1.74 bits per heavy atom. The summed E-state index contributed by atoms with van der Waals surface area (Å²) < 4.78 is 41.8. The molecule has 9 heteroatoms. The molecule has 3 rings (SSSR count). The average Bonchev–Trinajstić information content (AvgIpc) is 3.19. The van der Waals surface area contributed by atoms with Crippen molar-refractivity contribution in [3.63, 3.8) is 0 Å². The van der Waals surface area contributed by atoms with Crippen LogP contribution in [0.5, 0.6) is 0 Å². The van der Waals surface area contributed by atoms with E-state index in [1.807, 2.05) is 19.1 Å². The molecular weight excluding hydrogens is 409 g/mol. The van der Waals surface area contributed by atoms with Crippen LogP contribution in [0.3, 0.4) is 0 Å². The second-order valence-corrected chi connectivity index (χ2v) is 6.89. The Morgan fingerprint density at radius 1 is 1.06 bits per heavy atom. The number of nitrogens with zero attached hydrogens (tertiary/aromatic N) is 2. The lowest BCUT2D eigenvalue weighted by Crippen LogP contribution is -2.34. The zero-order valence-corrected chi connectivity index (χ0v) is 17.0. The van der Waals surface area contributed by atoms with Gasteiger partial charge >= 0.3 is 6.18 Å². The number of nitrogens with one attached hydrogen (secondary N) is 2. The van der Waals surface area contributed by atoms with Gasteiger partial charge in [0.05, 0.1) is 24.0 Å². The van der Waals surface area contributed by atoms with Crippen molar-refractivity contribution in [1.29, 1.82) is 0 Å². The molecule has 0 aliphatic heterocycles. The third kappa shape index (κ3) is 5.11. The van der Waals surface area contributed by atoms with Crippen molar-refractivity contribution in [1.82, 2.24) is 15.1 Å². The molecule has 0 saturated carbocycles. The standard InChI is InChI=1S/C22H21F3N4O2/c1-3-15-6-4-5-7-18(15)28-19(30)13-26-21(31)17-12-27-29(20(17)22(23,24)25)16-10-8-14(2)9-11-16/h4-12H,3,13H2,1-2H3,(H,26,31)(H,28,30). The second-order valence-electron chi connectivity index (χ2n) is 6.89. The Kier molecular flexibility index (Phi) is 6.43. The first kappa shape index (κ1) is 22.1. The van der Waals surface area contributed by atoms with E-state index >= 15 is 0 Å². The number of hydrogen-bond donors (Lipinski definition) is 2. The molecule has 3 aromatic rings. The molecule has 6 nitrogen and oxygen atoms in total. The first-order valence-corrected chi connectivity index (χ1v) is 9.59. The van der Waals surface area contributed by atoms with Crippen LogP contribution in [0.4, 0.5) is 18.9 Å². The largest absolute Gasteiger partial charge is 0.434 e. The summed E-state index contributed by atoms with van der Waals surface area (Å²) in [6.07, 6.45) is -3.28. The summed E-state index contributed by atoms with van der Waals surface area (Å²) in [6, 6.07) is 13.4. The van der Waals surface area contributed by atoms with Gasteiger partial charge in [-0.15, -0.1) is 0 Å². The molecule has 2 amide bonds. The number of aryl methyl sites for hydroxylation is 2. The summed E-state index contributed by atoms with van der Waals surface area (Å²) in [5.74, 6) is -1.58. The van der Waals surface area contributed by atoms with Crippen LogP contribution in [0.1, 0.15) is 34.1 Å². The minimum Gasteiger partial charge on any atom is -0.343 e. The lowest BCUT2D eigenvalue weighted by Gasteiger charge is -2.13. The summed E-state index contributed by atoms with van der Waals surface area (Å²) in [5, 5.41) is 8.65. The van der Waals surface area contributed by atoms with Crippen LogP contribution in [0.2, 0.25) is 0 Å². The fourth-order valence-electron chi connectivity index (χ4n) is 3.07. The van der Waals surface area contributed by atoms with Crippen LogP contribution in [0.15, 0.2) is 54.7 Å². The summed E-state index contributed by atoms with van der Waals surface area (Å²) in [7, 11) is 0. The van der Waals surface area contributed by atoms with Gasteiger partial charge in [0.2, 0.25) is 5.91 Å². The van der Waals surface area contributed by atoms with Crippen molar-refractivity contribution >= 4 is 17.5 Å². The summed E-state index contributed by atoms with van der Waals surface area (Å²) in [6.45, 7) is 3.25. The van der Waals surface area contributed by atoms with Crippen LogP contribution in [0, 0.1) is 6.92 Å². The van der Waals surface area contributed by atoms with Crippen molar-refractivity contribution in [2.24, 2.45) is 0 Å². The number of benzene rings is 2. The van der Waals surface area contributed by atoms with E-state index in [4.69, 9.17) is 0 Å². The van der Waals surface area contributed by atoms with Crippen LogP contribution < -0.4 is 10.6 Å². The zero-order chi connectivity index (χ0) is 22.6. The van der Waals surface area contributed by atoms with Crippen molar-refractivity contribution in [2.45, 2.75) is 26.4 Å². The van der Waals surface area contributed by atoms with Gasteiger partial charge in [-0.3, -0.25) is 9.59 Å². The van der Waals surface area contributed by atoms with E-state index in [2.05, 4.69) is 15.7 Å². The number of amides is 2. The van der Waals surface area contributed by atoms with Crippen molar-refractivity contribution in [3.05, 3.63) is 77.1 Å². The third-order valence-electron chi connectivity index (χ3n) is 4.64. The lowest BCUT2D eigenvalue weighted by molar-refractivity contribution is -0.143. The maximum Gasteiger partial charge on any atom is 0.434 e. The number of halogens is 3. The maximum absolute atomic E-state index is 13.7. The molecule has 2 aromatic carbocycles. The SMILES string of the molecule is CCc1ccccc1NC(=O)CNC(=O)c1cnn(-c2ccc(C)cc2)c1C(F)(F)F. The topological polar surface area (TPSA) is 76.0 Å². The van der Waals surface area contributed by atoms with Gasteiger partial charge in [-0.25, -0.2) is 4.68 Å². The Bertz CT molecular complexity index is 1090. The van der Waals surface area contributed by atoms with Gasteiger partial charge in [-0.1, -0.05) is 42.8 Å². The molecule has 0 saturated heterocycles. The number of anilines is 1. The van der Waals surface area contributed by atoms with Gasteiger partial charge in [0.15, 0.2) is 5.69 Å². The Labute approximate surface area is 177 Å². The Balaban J connectivity index is 1.77. The van der Waals surface area contributed by atoms with E-state index < -0.39 is 35.8 Å². The predicted molar refractivity (Wildman–Crippen MR) is 110 cm³/mol. The number of rotatable bonds is 6. The van der Waals surface area contributed by atoms with Gasteiger partial charge in [0, 0.05) is 5.69 Å². The number of alkyl halides is 3. The minimum atomic E-state index is -4.82. The van der Waals surface area contributed by atoms with Gasteiger partial charge in [0.25, 0.3) is 5.91 Å². The summed E-state index contributed by atoms with van der Waals surface area (Å²) >= 11 is 0. The summed E-state index contributed by atoms with van der Waals surface area (Å²) in [4.78, 5) is 24.6. The molecule has 1 aromatic heterocycles. The monoisotopic (exact) mass is 430 g/mol. The highest BCUT2D eigenvalue weighted by Crippen LogP contribution is 2.33. The molecule has 0 aliphatic carbocycles. The number of para-hydroxylation sites is 1. The van der Waals surface area contributed by atoms with E-state index in [0.29, 0.717) is 16.8 Å². The number of carbonyl (C=O) groups excluding carboxylic acids is 2. The fraction of sp³-hybridized carbons (Fsp3) is 0.227. The molecule has 0 fully saturated rings. The number of carbonyl (C=O) groups is 2. The molecule has 31 heavy (non-hydrogen) atoms. The van der Waals surface area contributed by atoms with Crippen LogP contribution in [-0.4, -0.2) is 28.1 Å². The van der Waals surface area contributed by atoms with Crippen LogP contribution in [0.25, 0.3) is 5.69 Å². The number of aromatic nitrogens is 2. The van der Waals surface area contributed by atoms with Crippen LogP contribution in [-0.2, 0) is 17.4 Å². The van der Waals surface area contributed by atoms with E-state index in [0.717, 1.165) is 17.3 Å². The van der Waals surface area contributed by atoms with Crippen molar-refractivity contribution in [3.8, 4) is 5.69 Å². The Morgan fingerprint density at radius 3 is 2.39 bits per heavy atom. The number of hydrogen-bond acceptors (Lipinski definition) is 3. The van der Waals surface area contributed by atoms with Gasteiger partial charge in [0.1, 0.15) is 0 Å². The normalized spacial score (nSPS) is 11.3. The molecule has 0 aliphatic rings. The lowest BCUT2D eigenvalue weighted by atomic mass is 10.1. The molecule has 0 unspecified atom stereocenters. The quantitative estimate of drug-likeness (QED) is 0.618. The zero-order valence-electron chi connectivity index (χ0n) is 17.0. The van der Waals surface area contributed by atoms with E-state index in [1.165, 1.54) is 12.1 Å². The van der Waals surface area contributed by atoms with Gasteiger partial charge < -0.3 is 10.6 Å². The smallest absolute Gasteiger partial charge is 0.343 e. The fourth-order valence-corrected chi connectivity index (χ4v) is 3.07. The van der Waals surface area contributed by atoms with E-state index in [9.17, 15) is 22.8 Å². The molecule has 1 heterocycles. The molecule has 162 valence electrons. The predicted octanol–water partition coefficient (Wildman–Crippen LogP) is 4.13. The molecular formula is C22H21F3N4O2. The highest BCUT2D eigenvalue weighted by molar-refractivity contribution is 6.00. The van der Waals surface area contributed by atoms with Crippen molar-refractivity contribution < 1.29 is 22.8 Å². The third-order valence-corrected chi connectivity index (χ3v) is 4.64. The average molecular weight is 430 g/mol. The van der Waals surface area contributed by atoms with E-state index in [1.54, 1.807) is 31.2 Å². The first-order chi connectivity index (χ1) is 14.7. The molecule has 0 bridgehead atoms. The van der Waals surface area contributed by atoms with Crippen molar-refractivity contribution in [2.75, 3.05) is 11.9 Å². The van der Waals surface area contributed by atoms with E-state index in [-0.39, 0.29) is 5.69 Å². The summed E-state index contributed by atoms with van der Waals surface area (Å²) in [5.41, 5.74) is 0.678. The second kappa shape index (κ2) is 9.03. The highest BCUT2D eigenvalue weighted by atomic mass is 19.4. The molecule has 0 spiro atoms. The molecule has 0 atom stereocenters. The molecule has 0 radical (unpaired) electrons.